The maximum absolute atomic E-state index is 13.3. The molecule has 0 spiro atoms. The van der Waals surface area contributed by atoms with Gasteiger partial charge in [-0.2, -0.15) is 0 Å². The summed E-state index contributed by atoms with van der Waals surface area (Å²) in [6.07, 6.45) is 0.633. The van der Waals surface area contributed by atoms with Crippen LogP contribution >= 0.6 is 23.2 Å². The fourth-order valence-corrected chi connectivity index (χ4v) is 3.52. The van der Waals surface area contributed by atoms with E-state index in [1.54, 1.807) is 30.2 Å². The molecule has 1 N–H and O–H groups in total. The molecule has 31 heavy (non-hydrogen) atoms. The van der Waals surface area contributed by atoms with Crippen molar-refractivity contribution in [2.45, 2.75) is 46.2 Å². The first-order valence-corrected chi connectivity index (χ1v) is 11.1. The molecule has 168 valence electrons. The second-order valence-corrected chi connectivity index (χ2v) is 8.67. The highest BCUT2D eigenvalue weighted by molar-refractivity contribution is 6.42. The number of hydrogen-bond donors (Lipinski definition) is 1. The fourth-order valence-electron chi connectivity index (χ4n) is 3.20. The molecule has 0 unspecified atom stereocenters. The van der Waals surface area contributed by atoms with Gasteiger partial charge < -0.3 is 15.0 Å². The van der Waals surface area contributed by atoms with Crippen LogP contribution in [0.15, 0.2) is 42.5 Å². The van der Waals surface area contributed by atoms with E-state index < -0.39 is 6.04 Å². The molecule has 1 atom stereocenters. The molecule has 0 saturated heterocycles. The molecule has 0 radical (unpaired) electrons. The van der Waals surface area contributed by atoms with Crippen LogP contribution in [-0.2, 0) is 22.6 Å². The summed E-state index contributed by atoms with van der Waals surface area (Å²) in [6.45, 7) is 6.86. The van der Waals surface area contributed by atoms with E-state index in [4.69, 9.17) is 27.9 Å². The number of benzene rings is 2. The van der Waals surface area contributed by atoms with E-state index in [-0.39, 0.29) is 18.2 Å². The van der Waals surface area contributed by atoms with Crippen LogP contribution in [0.5, 0.6) is 5.75 Å². The normalized spacial score (nSPS) is 11.8. The molecule has 0 heterocycles. The number of amides is 2. The van der Waals surface area contributed by atoms with Gasteiger partial charge in [-0.1, -0.05) is 62.2 Å². The van der Waals surface area contributed by atoms with E-state index in [1.165, 1.54) is 0 Å². The largest absolute Gasteiger partial charge is 0.497 e. The second kappa shape index (κ2) is 12.0. The van der Waals surface area contributed by atoms with Gasteiger partial charge in [0.15, 0.2) is 0 Å². The van der Waals surface area contributed by atoms with E-state index >= 15 is 0 Å². The Morgan fingerprint density at radius 2 is 1.68 bits per heavy atom. The molecular formula is C24H30Cl2N2O3. The third kappa shape index (κ3) is 7.44. The molecule has 0 bridgehead atoms. The van der Waals surface area contributed by atoms with Crippen molar-refractivity contribution in [3.63, 3.8) is 0 Å². The number of hydrogen-bond acceptors (Lipinski definition) is 3. The minimum atomic E-state index is -0.573. The summed E-state index contributed by atoms with van der Waals surface area (Å²) in [5.74, 6) is 0.760. The number of carbonyl (C=O) groups is 2. The number of ether oxygens (including phenoxy) is 1. The van der Waals surface area contributed by atoms with Gasteiger partial charge in [0, 0.05) is 13.1 Å². The Morgan fingerprint density at radius 3 is 2.23 bits per heavy atom. The predicted molar refractivity (Wildman–Crippen MR) is 126 cm³/mol. The molecular weight excluding hydrogens is 435 g/mol. The molecule has 7 heteroatoms. The second-order valence-electron chi connectivity index (χ2n) is 7.86. The maximum Gasteiger partial charge on any atom is 0.242 e. The Hall–Kier alpha value is -2.24. The van der Waals surface area contributed by atoms with Crippen LogP contribution in [0.3, 0.4) is 0 Å². The molecule has 0 saturated carbocycles. The number of nitrogens with one attached hydrogen (secondary N) is 1. The molecule has 0 aromatic heterocycles. The third-order valence-electron chi connectivity index (χ3n) is 4.92. The highest BCUT2D eigenvalue weighted by Crippen LogP contribution is 2.24. The summed E-state index contributed by atoms with van der Waals surface area (Å²) < 4.78 is 5.21. The van der Waals surface area contributed by atoms with E-state index in [0.29, 0.717) is 35.5 Å². The van der Waals surface area contributed by atoms with E-state index in [9.17, 15) is 9.59 Å². The van der Waals surface area contributed by atoms with Gasteiger partial charge in [-0.15, -0.1) is 0 Å². The highest BCUT2D eigenvalue weighted by atomic mass is 35.5. The van der Waals surface area contributed by atoms with Crippen LogP contribution in [0.4, 0.5) is 0 Å². The number of carbonyl (C=O) groups excluding carboxylic acids is 2. The quantitative estimate of drug-likeness (QED) is 0.530. The number of methoxy groups -OCH3 is 1. The first-order chi connectivity index (χ1) is 14.7. The first-order valence-electron chi connectivity index (χ1n) is 10.4. The van der Waals surface area contributed by atoms with Crippen molar-refractivity contribution in [1.82, 2.24) is 10.2 Å². The lowest BCUT2D eigenvalue weighted by Gasteiger charge is -2.31. The van der Waals surface area contributed by atoms with E-state index in [0.717, 1.165) is 16.9 Å². The first kappa shape index (κ1) is 25.0. The number of nitrogens with zero attached hydrogens (tertiary/aromatic N) is 1. The van der Waals surface area contributed by atoms with Crippen LogP contribution in [0.1, 0.15) is 38.3 Å². The topological polar surface area (TPSA) is 58.6 Å². The van der Waals surface area contributed by atoms with Crippen LogP contribution in [0, 0.1) is 5.92 Å². The lowest BCUT2D eigenvalue weighted by atomic mass is 10.1. The van der Waals surface area contributed by atoms with Gasteiger partial charge in [0.05, 0.1) is 23.6 Å². The van der Waals surface area contributed by atoms with Gasteiger partial charge in [0.1, 0.15) is 11.8 Å². The Labute approximate surface area is 194 Å². The van der Waals surface area contributed by atoms with Gasteiger partial charge in [0.25, 0.3) is 0 Å². The van der Waals surface area contributed by atoms with Crippen molar-refractivity contribution >= 4 is 35.0 Å². The summed E-state index contributed by atoms with van der Waals surface area (Å²) in [5.41, 5.74) is 1.66. The van der Waals surface area contributed by atoms with Crippen LogP contribution < -0.4 is 10.1 Å². The minimum absolute atomic E-state index is 0.126. The number of halogens is 2. The third-order valence-corrected chi connectivity index (χ3v) is 5.66. The van der Waals surface area contributed by atoms with Gasteiger partial charge >= 0.3 is 0 Å². The molecule has 0 aliphatic heterocycles. The molecule has 0 fully saturated rings. The lowest BCUT2D eigenvalue weighted by Crippen LogP contribution is -2.50. The Balaban J connectivity index is 2.28. The molecule has 2 aromatic carbocycles. The SMILES string of the molecule is CC[C@H](C(=O)NCC(C)C)N(Cc1ccc(OC)cc1)C(=O)Cc1ccc(Cl)c(Cl)c1. The van der Waals surface area contributed by atoms with Crippen LogP contribution in [-0.4, -0.2) is 36.4 Å². The zero-order valence-corrected chi connectivity index (χ0v) is 20.0. The van der Waals surface area contributed by atoms with Crippen molar-refractivity contribution in [2.75, 3.05) is 13.7 Å². The lowest BCUT2D eigenvalue weighted by molar-refractivity contribution is -0.141. The zero-order chi connectivity index (χ0) is 23.0. The summed E-state index contributed by atoms with van der Waals surface area (Å²) in [7, 11) is 1.61. The molecule has 2 amide bonds. The Kier molecular flexibility index (Phi) is 9.66. The smallest absolute Gasteiger partial charge is 0.242 e. The molecule has 2 rings (SSSR count). The van der Waals surface area contributed by atoms with Gasteiger partial charge in [-0.25, -0.2) is 0 Å². The average Bonchev–Trinajstić information content (AvgIpc) is 2.75. The zero-order valence-electron chi connectivity index (χ0n) is 18.5. The van der Waals surface area contributed by atoms with Gasteiger partial charge in [-0.3, -0.25) is 9.59 Å². The number of rotatable bonds is 10. The van der Waals surface area contributed by atoms with Crippen molar-refractivity contribution in [3.05, 3.63) is 63.6 Å². The standard InChI is InChI=1S/C24H30Cl2N2O3/c1-5-22(24(30)27-14-16(2)3)28(15-17-6-9-19(31-4)10-7-17)23(29)13-18-8-11-20(25)21(26)12-18/h6-12,16,22H,5,13-15H2,1-4H3,(H,27,30)/t22-/m1/s1. The molecule has 2 aromatic rings. The van der Waals surface area contributed by atoms with Gasteiger partial charge in [0.2, 0.25) is 11.8 Å². The van der Waals surface area contributed by atoms with E-state index in [1.807, 2.05) is 45.0 Å². The summed E-state index contributed by atoms with van der Waals surface area (Å²) >= 11 is 12.1. The van der Waals surface area contributed by atoms with Crippen molar-refractivity contribution in [2.24, 2.45) is 5.92 Å². The monoisotopic (exact) mass is 464 g/mol. The maximum atomic E-state index is 13.3. The molecule has 5 nitrogen and oxygen atoms in total. The molecule has 0 aliphatic rings. The summed E-state index contributed by atoms with van der Waals surface area (Å²) in [4.78, 5) is 27.9. The van der Waals surface area contributed by atoms with Crippen LogP contribution in [0.2, 0.25) is 10.0 Å². The highest BCUT2D eigenvalue weighted by Gasteiger charge is 2.28. The summed E-state index contributed by atoms with van der Waals surface area (Å²) in [5, 5.41) is 3.80. The minimum Gasteiger partial charge on any atom is -0.497 e. The summed E-state index contributed by atoms with van der Waals surface area (Å²) in [6, 6.07) is 12.1. The molecule has 0 aliphatic carbocycles. The van der Waals surface area contributed by atoms with E-state index in [2.05, 4.69) is 5.32 Å². The Morgan fingerprint density at radius 1 is 1.03 bits per heavy atom. The average molecular weight is 465 g/mol. The predicted octanol–water partition coefficient (Wildman–Crippen LogP) is 5.12. The van der Waals surface area contributed by atoms with Crippen molar-refractivity contribution < 1.29 is 14.3 Å². The van der Waals surface area contributed by atoms with Crippen LogP contribution in [0.25, 0.3) is 0 Å². The Bertz CT molecular complexity index is 885. The van der Waals surface area contributed by atoms with Crippen molar-refractivity contribution in [1.29, 1.82) is 0 Å². The van der Waals surface area contributed by atoms with Crippen molar-refractivity contribution in [3.8, 4) is 5.75 Å². The van der Waals surface area contributed by atoms with Gasteiger partial charge in [-0.05, 0) is 47.7 Å². The fraction of sp³-hybridized carbons (Fsp3) is 0.417.